The molecule has 0 aromatic rings. The van der Waals surface area contributed by atoms with Gasteiger partial charge in [0.2, 0.25) is 0 Å². The Kier molecular flexibility index (Phi) is 1.43. The molecule has 0 aliphatic carbocycles. The van der Waals surface area contributed by atoms with Gasteiger partial charge in [-0.05, 0) is 19.9 Å². The number of hydrogen-bond donors (Lipinski definition) is 0. The van der Waals surface area contributed by atoms with E-state index in [2.05, 4.69) is 4.90 Å². The Morgan fingerprint density at radius 2 is 2.46 bits per heavy atom. The summed E-state index contributed by atoms with van der Waals surface area (Å²) in [4.78, 5) is 13.9. The summed E-state index contributed by atoms with van der Waals surface area (Å²) in [6.45, 7) is 5.24. The SMILES string of the molecule is C[C@@H]1O[C@@]2(CC1=O)CN1CCC2C1. The molecule has 3 rings (SSSR count). The molecule has 3 saturated heterocycles. The summed E-state index contributed by atoms with van der Waals surface area (Å²) in [5, 5.41) is 0. The van der Waals surface area contributed by atoms with Crippen molar-refractivity contribution in [1.29, 1.82) is 0 Å². The summed E-state index contributed by atoms with van der Waals surface area (Å²) < 4.78 is 5.86. The average Bonchev–Trinajstić information content (AvgIpc) is 2.68. The zero-order valence-corrected chi connectivity index (χ0v) is 7.95. The van der Waals surface area contributed by atoms with Gasteiger partial charge in [0.25, 0.3) is 0 Å². The van der Waals surface area contributed by atoms with Crippen LogP contribution in [0.2, 0.25) is 0 Å². The summed E-state index contributed by atoms with van der Waals surface area (Å²) in [7, 11) is 0. The van der Waals surface area contributed by atoms with Crippen molar-refractivity contribution in [3.63, 3.8) is 0 Å². The van der Waals surface area contributed by atoms with Crippen LogP contribution in [0.5, 0.6) is 0 Å². The van der Waals surface area contributed by atoms with Crippen molar-refractivity contribution in [3.8, 4) is 0 Å². The molecule has 3 aliphatic rings. The van der Waals surface area contributed by atoms with E-state index < -0.39 is 0 Å². The second-order valence-electron chi connectivity index (χ2n) is 4.69. The summed E-state index contributed by atoms with van der Waals surface area (Å²) in [6.07, 6.45) is 1.73. The first-order valence-corrected chi connectivity index (χ1v) is 5.12. The third-order valence-electron chi connectivity index (χ3n) is 3.85. The van der Waals surface area contributed by atoms with Crippen LogP contribution in [-0.4, -0.2) is 42.0 Å². The summed E-state index contributed by atoms with van der Waals surface area (Å²) in [6, 6.07) is 0. The third-order valence-corrected chi connectivity index (χ3v) is 3.85. The van der Waals surface area contributed by atoms with Crippen LogP contribution in [0.1, 0.15) is 19.8 Å². The highest BCUT2D eigenvalue weighted by molar-refractivity contribution is 5.85. The summed E-state index contributed by atoms with van der Waals surface area (Å²) >= 11 is 0. The highest BCUT2D eigenvalue weighted by Gasteiger charge is 2.56. The molecular formula is C10H15NO2. The van der Waals surface area contributed by atoms with Crippen LogP contribution < -0.4 is 0 Å². The van der Waals surface area contributed by atoms with E-state index in [9.17, 15) is 4.79 Å². The minimum absolute atomic E-state index is 0.0747. The van der Waals surface area contributed by atoms with Gasteiger partial charge >= 0.3 is 0 Å². The molecule has 0 amide bonds. The minimum atomic E-state index is -0.152. The lowest BCUT2D eigenvalue weighted by Gasteiger charge is -2.32. The van der Waals surface area contributed by atoms with Crippen LogP contribution in [0.25, 0.3) is 0 Å². The molecule has 3 nitrogen and oxygen atoms in total. The fraction of sp³-hybridized carbons (Fsp3) is 0.900. The highest BCUT2D eigenvalue weighted by Crippen LogP contribution is 2.45. The van der Waals surface area contributed by atoms with Crippen LogP contribution in [0.3, 0.4) is 0 Å². The molecular weight excluding hydrogens is 166 g/mol. The van der Waals surface area contributed by atoms with Crippen LogP contribution in [0.4, 0.5) is 0 Å². The van der Waals surface area contributed by atoms with Gasteiger partial charge in [0.15, 0.2) is 5.78 Å². The van der Waals surface area contributed by atoms with Crippen molar-refractivity contribution < 1.29 is 9.53 Å². The number of nitrogens with zero attached hydrogens (tertiary/aromatic N) is 1. The largest absolute Gasteiger partial charge is 0.362 e. The lowest BCUT2D eigenvalue weighted by atomic mass is 9.85. The van der Waals surface area contributed by atoms with E-state index in [4.69, 9.17) is 4.74 Å². The third kappa shape index (κ3) is 0.945. The monoisotopic (exact) mass is 181 g/mol. The normalized spacial score (nSPS) is 53.9. The van der Waals surface area contributed by atoms with E-state index in [0.717, 1.165) is 13.1 Å². The number of piperidine rings is 1. The molecule has 3 fully saturated rings. The van der Waals surface area contributed by atoms with E-state index in [0.29, 0.717) is 18.1 Å². The second kappa shape index (κ2) is 2.34. The van der Waals surface area contributed by atoms with Gasteiger partial charge in [0.05, 0.1) is 5.60 Å². The van der Waals surface area contributed by atoms with Crippen LogP contribution >= 0.6 is 0 Å². The molecule has 2 unspecified atom stereocenters. The quantitative estimate of drug-likeness (QED) is 0.543. The maximum absolute atomic E-state index is 11.5. The number of fused-ring (bicyclic) bond motifs is 3. The Labute approximate surface area is 78.0 Å². The number of carbonyl (C=O) groups is 1. The molecule has 3 aliphatic heterocycles. The van der Waals surface area contributed by atoms with Gasteiger partial charge in [0, 0.05) is 25.4 Å². The molecule has 4 atom stereocenters. The number of ketones is 1. The standard InChI is InChI=1S/C10H15NO2/c1-7-9(12)4-10(13-7)6-11-3-2-8(10)5-11/h7-8H,2-6H2,1H3/t7-,8?,10-/m0/s1. The number of carbonyl (C=O) groups excluding carboxylic acids is 1. The van der Waals surface area contributed by atoms with Crippen molar-refractivity contribution in [2.24, 2.45) is 5.92 Å². The van der Waals surface area contributed by atoms with Crippen molar-refractivity contribution >= 4 is 5.78 Å². The highest BCUT2D eigenvalue weighted by atomic mass is 16.5. The van der Waals surface area contributed by atoms with Gasteiger partial charge in [-0.2, -0.15) is 0 Å². The van der Waals surface area contributed by atoms with Gasteiger partial charge < -0.3 is 9.64 Å². The molecule has 0 aromatic carbocycles. The fourth-order valence-electron chi connectivity index (χ4n) is 3.15. The van der Waals surface area contributed by atoms with E-state index in [1.807, 2.05) is 6.92 Å². The van der Waals surface area contributed by atoms with E-state index in [-0.39, 0.29) is 11.7 Å². The zero-order chi connectivity index (χ0) is 9.05. The molecule has 0 N–H and O–H groups in total. The lowest BCUT2D eigenvalue weighted by molar-refractivity contribution is -0.122. The predicted molar refractivity (Wildman–Crippen MR) is 47.4 cm³/mol. The Balaban J connectivity index is 1.88. The molecule has 1 spiro atoms. The van der Waals surface area contributed by atoms with Crippen molar-refractivity contribution in [1.82, 2.24) is 4.90 Å². The van der Waals surface area contributed by atoms with Gasteiger partial charge in [0.1, 0.15) is 6.10 Å². The first kappa shape index (κ1) is 7.94. The van der Waals surface area contributed by atoms with Crippen LogP contribution in [0.15, 0.2) is 0 Å². The number of hydrogen-bond acceptors (Lipinski definition) is 3. The number of Topliss-reactive ketones (excluding diaryl/α,β-unsaturated/α-hetero) is 1. The molecule has 72 valence electrons. The summed E-state index contributed by atoms with van der Waals surface area (Å²) in [5.74, 6) is 0.926. The van der Waals surface area contributed by atoms with Crippen LogP contribution in [-0.2, 0) is 9.53 Å². The van der Waals surface area contributed by atoms with E-state index in [1.165, 1.54) is 13.0 Å². The molecule has 2 bridgehead atoms. The average molecular weight is 181 g/mol. The maximum atomic E-state index is 11.5. The molecule has 0 aromatic heterocycles. The molecule has 13 heavy (non-hydrogen) atoms. The molecule has 0 saturated carbocycles. The molecule has 0 radical (unpaired) electrons. The lowest BCUT2D eigenvalue weighted by Crippen LogP contribution is -2.42. The number of rotatable bonds is 0. The Morgan fingerprint density at radius 3 is 2.92 bits per heavy atom. The Hall–Kier alpha value is -0.410. The van der Waals surface area contributed by atoms with Crippen molar-refractivity contribution in [2.75, 3.05) is 19.6 Å². The Morgan fingerprint density at radius 1 is 1.62 bits per heavy atom. The first-order chi connectivity index (χ1) is 6.20. The Bertz CT molecular complexity index is 266. The fourth-order valence-corrected chi connectivity index (χ4v) is 3.15. The number of ether oxygens (including phenoxy) is 1. The van der Waals surface area contributed by atoms with Gasteiger partial charge in [-0.25, -0.2) is 0 Å². The van der Waals surface area contributed by atoms with E-state index >= 15 is 0 Å². The maximum Gasteiger partial charge on any atom is 0.164 e. The predicted octanol–water partition coefficient (Wildman–Crippen LogP) is 0.439. The first-order valence-electron chi connectivity index (χ1n) is 5.12. The van der Waals surface area contributed by atoms with Gasteiger partial charge in [-0.15, -0.1) is 0 Å². The zero-order valence-electron chi connectivity index (χ0n) is 7.95. The van der Waals surface area contributed by atoms with Crippen molar-refractivity contribution in [2.45, 2.75) is 31.5 Å². The second-order valence-corrected chi connectivity index (χ2v) is 4.69. The molecule has 3 heteroatoms. The van der Waals surface area contributed by atoms with Crippen LogP contribution in [0, 0.1) is 5.92 Å². The van der Waals surface area contributed by atoms with Gasteiger partial charge in [-0.3, -0.25) is 4.79 Å². The van der Waals surface area contributed by atoms with Crippen molar-refractivity contribution in [3.05, 3.63) is 0 Å². The summed E-state index contributed by atoms with van der Waals surface area (Å²) in [5.41, 5.74) is -0.0747. The minimum Gasteiger partial charge on any atom is -0.362 e. The van der Waals surface area contributed by atoms with Gasteiger partial charge in [-0.1, -0.05) is 0 Å². The topological polar surface area (TPSA) is 29.5 Å². The molecule has 3 heterocycles. The smallest absolute Gasteiger partial charge is 0.164 e. The van der Waals surface area contributed by atoms with E-state index in [1.54, 1.807) is 0 Å².